The van der Waals surface area contributed by atoms with Crippen molar-refractivity contribution in [3.8, 4) is 11.5 Å². The van der Waals surface area contributed by atoms with Crippen molar-refractivity contribution in [2.75, 3.05) is 0 Å². The van der Waals surface area contributed by atoms with Crippen LogP contribution in [-0.2, 0) is 0 Å². The maximum absolute atomic E-state index is 6.74. The van der Waals surface area contributed by atoms with Gasteiger partial charge in [0.25, 0.3) is 0 Å². The number of aliphatic imine (C=N–C) groups is 2. The van der Waals surface area contributed by atoms with E-state index < -0.39 is 13.9 Å². The summed E-state index contributed by atoms with van der Waals surface area (Å²) in [6.07, 6.45) is 3.26. The summed E-state index contributed by atoms with van der Waals surface area (Å²) in [7, 11) is 6.74. The number of hydrogen-bond acceptors (Lipinski definition) is 4. The van der Waals surface area contributed by atoms with Crippen molar-refractivity contribution in [1.82, 2.24) is 0 Å². The van der Waals surface area contributed by atoms with E-state index >= 15 is 0 Å². The Hall–Kier alpha value is -1.80. The van der Waals surface area contributed by atoms with Gasteiger partial charge in [0.15, 0.2) is 0 Å². The van der Waals surface area contributed by atoms with E-state index in [1.54, 1.807) is 0 Å². The molecule has 1 heterocycles. The maximum atomic E-state index is 6.74. The Labute approximate surface area is 194 Å². The number of nitrogens with zero attached hydrogens (tertiary/aromatic N) is 2. The molecule has 1 aliphatic carbocycles. The Morgan fingerprint density at radius 1 is 0.742 bits per heavy atom. The number of aryl methyl sites for hydroxylation is 4. The van der Waals surface area contributed by atoms with Crippen LogP contribution in [0, 0.1) is 27.7 Å². The predicted molar refractivity (Wildman–Crippen MR) is 131 cm³/mol. The zero-order valence-corrected chi connectivity index (χ0v) is 21.2. The molecule has 31 heavy (non-hydrogen) atoms. The zero-order chi connectivity index (χ0) is 22.3. The first-order valence-corrected chi connectivity index (χ1v) is 13.7. The van der Waals surface area contributed by atoms with Gasteiger partial charge < -0.3 is 7.58 Å². The SMILES string of the molecule is CC1=N[C@@H]2CCC[C@H]2N=C(C)c2cc(C)cc(C)c2[O][Al]([Cl])[O]c2c(C)cc(C)cc21. The molecule has 6 heteroatoms. The predicted octanol–water partition coefficient (Wildman–Crippen LogP) is 6.15. The summed E-state index contributed by atoms with van der Waals surface area (Å²) < 4.78 is 12.6. The Balaban J connectivity index is 1.91. The van der Waals surface area contributed by atoms with Crippen LogP contribution in [0.2, 0.25) is 0 Å². The van der Waals surface area contributed by atoms with E-state index in [9.17, 15) is 0 Å². The van der Waals surface area contributed by atoms with Crippen LogP contribution >= 0.6 is 10.0 Å². The van der Waals surface area contributed by atoms with E-state index in [0.717, 1.165) is 64.4 Å². The minimum Gasteiger partial charge on any atom is -0.599 e. The van der Waals surface area contributed by atoms with Crippen molar-refractivity contribution in [2.45, 2.75) is 72.9 Å². The first-order valence-electron chi connectivity index (χ1n) is 11.0. The second-order valence-corrected chi connectivity index (χ2v) is 11.0. The molecule has 0 amide bonds. The van der Waals surface area contributed by atoms with Gasteiger partial charge in [0.1, 0.15) is 0 Å². The lowest BCUT2D eigenvalue weighted by molar-refractivity contribution is 0.443. The highest BCUT2D eigenvalue weighted by molar-refractivity contribution is 7.00. The van der Waals surface area contributed by atoms with Gasteiger partial charge >= 0.3 is 13.9 Å². The molecule has 2 aromatic carbocycles. The lowest BCUT2D eigenvalue weighted by Crippen LogP contribution is -2.26. The van der Waals surface area contributed by atoms with Gasteiger partial charge in [-0.2, -0.15) is 10.0 Å². The van der Waals surface area contributed by atoms with Crippen LogP contribution in [-0.4, -0.2) is 37.4 Å². The summed E-state index contributed by atoms with van der Waals surface area (Å²) in [4.78, 5) is 10.3. The molecule has 4 rings (SSSR count). The lowest BCUT2D eigenvalue weighted by atomic mass is 10.0. The quantitative estimate of drug-likeness (QED) is 0.449. The largest absolute Gasteiger partial charge is 0.999 e. The van der Waals surface area contributed by atoms with Crippen molar-refractivity contribution >= 4 is 35.4 Å². The Kier molecular flexibility index (Phi) is 6.49. The van der Waals surface area contributed by atoms with Crippen LogP contribution in [0.3, 0.4) is 0 Å². The fourth-order valence-corrected chi connectivity index (χ4v) is 6.41. The van der Waals surface area contributed by atoms with Crippen molar-refractivity contribution in [1.29, 1.82) is 0 Å². The first kappa shape index (κ1) is 22.4. The molecule has 4 nitrogen and oxygen atoms in total. The minimum atomic E-state index is -2.55. The number of fused-ring (bicyclic) bond motifs is 3. The number of rotatable bonds is 0. The molecule has 1 aliphatic heterocycles. The molecule has 0 radical (unpaired) electrons. The molecule has 0 spiro atoms. The van der Waals surface area contributed by atoms with Gasteiger partial charge in [0.05, 0.1) is 23.6 Å². The van der Waals surface area contributed by atoms with Crippen molar-refractivity contribution in [3.63, 3.8) is 0 Å². The Bertz CT molecular complexity index is 996. The molecule has 0 saturated heterocycles. The van der Waals surface area contributed by atoms with Crippen LogP contribution in [0.5, 0.6) is 11.5 Å². The number of halogens is 1. The standard InChI is InChI=1S/C25H32N2O2.Al.ClH/c1-14-10-16(3)24(28)20(12-14)18(5)26-22-8-7-9-23(22)27-19(6)21-13-15(2)11-17(4)25(21)29;;/h10-13,22-23,28-29H,7-9H2,1-6H3;;1H/q;+3;/p-3/t22-,23-;;/m1../s1. The molecule has 162 valence electrons. The molecule has 0 N–H and O–H groups in total. The van der Waals surface area contributed by atoms with Crippen LogP contribution in [0.15, 0.2) is 34.3 Å². The van der Waals surface area contributed by atoms with Gasteiger partial charge in [-0.05, 0) is 95.2 Å². The lowest BCUT2D eigenvalue weighted by Gasteiger charge is -2.21. The third kappa shape index (κ3) is 4.70. The molecule has 1 saturated carbocycles. The molecule has 2 aromatic rings. The minimum absolute atomic E-state index is 0.184. The fourth-order valence-electron chi connectivity index (χ4n) is 4.83. The van der Waals surface area contributed by atoms with Crippen molar-refractivity contribution < 1.29 is 7.58 Å². The van der Waals surface area contributed by atoms with Gasteiger partial charge in [-0.15, -0.1) is 0 Å². The van der Waals surface area contributed by atoms with Crippen molar-refractivity contribution in [3.05, 3.63) is 57.6 Å². The monoisotopic (exact) mass is 452 g/mol. The van der Waals surface area contributed by atoms with Gasteiger partial charge in [-0.1, -0.05) is 12.1 Å². The highest BCUT2D eigenvalue weighted by Crippen LogP contribution is 2.34. The Morgan fingerprint density at radius 3 is 1.58 bits per heavy atom. The smallest absolute Gasteiger partial charge is 0.599 e. The van der Waals surface area contributed by atoms with Crippen molar-refractivity contribution in [2.24, 2.45) is 9.98 Å². The van der Waals surface area contributed by atoms with E-state index in [1.807, 2.05) is 0 Å². The van der Waals surface area contributed by atoms with Gasteiger partial charge in [0.2, 0.25) is 0 Å². The van der Waals surface area contributed by atoms with Gasteiger partial charge in [-0.3, -0.25) is 9.98 Å². The Morgan fingerprint density at radius 2 is 1.16 bits per heavy atom. The second kappa shape index (κ2) is 8.98. The van der Waals surface area contributed by atoms with E-state index in [-0.39, 0.29) is 12.1 Å². The maximum Gasteiger partial charge on any atom is 0.999 e. The molecule has 2 aliphatic rings. The first-order chi connectivity index (χ1) is 14.7. The molecule has 2 atom stereocenters. The zero-order valence-electron chi connectivity index (χ0n) is 19.3. The third-order valence-electron chi connectivity index (χ3n) is 6.20. The van der Waals surface area contributed by atoms with E-state index in [4.69, 9.17) is 27.6 Å². The summed E-state index contributed by atoms with van der Waals surface area (Å²) in [5.41, 5.74) is 8.44. The van der Waals surface area contributed by atoms with Crippen LogP contribution in [0.4, 0.5) is 0 Å². The van der Waals surface area contributed by atoms with Gasteiger partial charge in [-0.25, -0.2) is 0 Å². The number of hydrogen-bond donors (Lipinski definition) is 0. The van der Waals surface area contributed by atoms with Crippen LogP contribution in [0.1, 0.15) is 66.5 Å². The van der Waals surface area contributed by atoms with Crippen LogP contribution in [0.25, 0.3) is 0 Å². The summed E-state index contributed by atoms with van der Waals surface area (Å²) in [5.74, 6) is 1.58. The number of benzene rings is 2. The fraction of sp³-hybridized carbons (Fsp3) is 0.440. The van der Waals surface area contributed by atoms with E-state index in [0.29, 0.717) is 0 Å². The summed E-state index contributed by atoms with van der Waals surface area (Å²) in [6.45, 7) is 12.5. The highest BCUT2D eigenvalue weighted by Gasteiger charge is 2.35. The van der Waals surface area contributed by atoms with Crippen LogP contribution < -0.4 is 7.58 Å². The van der Waals surface area contributed by atoms with E-state index in [2.05, 4.69) is 65.8 Å². The molecule has 1 fully saturated rings. The molecular formula is C25H30AlClN2O2. The van der Waals surface area contributed by atoms with Gasteiger partial charge in [0, 0.05) is 22.6 Å². The van der Waals surface area contributed by atoms with E-state index in [1.165, 1.54) is 11.1 Å². The second-order valence-electron chi connectivity index (χ2n) is 8.92. The highest BCUT2D eigenvalue weighted by atomic mass is 35.6. The molecule has 0 aromatic heterocycles. The summed E-state index contributed by atoms with van der Waals surface area (Å²) in [5, 5.41) is 0. The molecular weight excluding hydrogens is 423 g/mol. The topological polar surface area (TPSA) is 43.2 Å². The molecule has 0 bridgehead atoms. The average molecular weight is 453 g/mol. The average Bonchev–Trinajstić information content (AvgIpc) is 3.11. The third-order valence-corrected chi connectivity index (χ3v) is 7.58. The normalized spacial score (nSPS) is 21.2. The molecule has 0 unspecified atom stereocenters. The summed E-state index contributed by atoms with van der Waals surface area (Å²) in [6, 6.07) is 8.89. The summed E-state index contributed by atoms with van der Waals surface area (Å²) >= 11 is -2.55.